The third kappa shape index (κ3) is 3.47. The number of nitro benzene ring substituents is 1. The third-order valence-electron chi connectivity index (χ3n) is 1.94. The molecule has 0 radical (unpaired) electrons. The smallest absolute Gasteiger partial charge is 0.276 e. The lowest BCUT2D eigenvalue weighted by molar-refractivity contribution is -0.386. The Balaban J connectivity index is 2.98. The van der Waals surface area contributed by atoms with Gasteiger partial charge in [-0.3, -0.25) is 10.1 Å². The van der Waals surface area contributed by atoms with Crippen LogP contribution in [-0.4, -0.2) is 10.5 Å². The van der Waals surface area contributed by atoms with Gasteiger partial charge in [0.1, 0.15) is 0 Å². The minimum Gasteiger partial charge on any atom is -0.371 e. The number of rotatable bonds is 3. The van der Waals surface area contributed by atoms with Gasteiger partial charge in [-0.1, -0.05) is 17.7 Å². The molecule has 0 saturated carbocycles. The average molecular weight is 244 g/mol. The first-order valence-corrected chi connectivity index (χ1v) is 5.25. The second-order valence-corrected chi connectivity index (χ2v) is 4.80. The lowest BCUT2D eigenvalue weighted by atomic mass is 10.1. The summed E-state index contributed by atoms with van der Waals surface area (Å²) in [6, 6.07) is 4.60. The molecule has 0 unspecified atom stereocenters. The Bertz CT molecular complexity index is 399. The Morgan fingerprint density at radius 2 is 2.06 bits per heavy atom. The molecule has 4 nitrogen and oxygen atoms in total. The van der Waals surface area contributed by atoms with Gasteiger partial charge in [-0.15, -0.1) is 0 Å². The third-order valence-corrected chi connectivity index (χ3v) is 2.29. The van der Waals surface area contributed by atoms with Gasteiger partial charge < -0.3 is 4.74 Å². The molecule has 0 amide bonds. The van der Waals surface area contributed by atoms with Crippen molar-refractivity contribution in [1.29, 1.82) is 0 Å². The predicted octanol–water partition coefficient (Wildman–Crippen LogP) is 3.56. The molecule has 88 valence electrons. The average Bonchev–Trinajstić information content (AvgIpc) is 2.13. The van der Waals surface area contributed by atoms with Gasteiger partial charge in [0.2, 0.25) is 0 Å². The van der Waals surface area contributed by atoms with Gasteiger partial charge in [-0.05, 0) is 26.8 Å². The molecule has 0 saturated heterocycles. The number of hydrogen-bond acceptors (Lipinski definition) is 3. The summed E-state index contributed by atoms with van der Waals surface area (Å²) in [6.45, 7) is 5.79. The van der Waals surface area contributed by atoms with E-state index in [0.717, 1.165) is 0 Å². The van der Waals surface area contributed by atoms with Crippen molar-refractivity contribution in [3.8, 4) is 0 Å². The van der Waals surface area contributed by atoms with Gasteiger partial charge in [-0.25, -0.2) is 0 Å². The summed E-state index contributed by atoms with van der Waals surface area (Å²) in [6.07, 6.45) is 0. The minimum absolute atomic E-state index is 0.00301. The van der Waals surface area contributed by atoms with E-state index in [1.165, 1.54) is 6.07 Å². The van der Waals surface area contributed by atoms with Crippen molar-refractivity contribution in [2.45, 2.75) is 33.0 Å². The van der Waals surface area contributed by atoms with Crippen molar-refractivity contribution in [2.24, 2.45) is 0 Å². The minimum atomic E-state index is -0.451. The monoisotopic (exact) mass is 243 g/mol. The van der Waals surface area contributed by atoms with Crippen molar-refractivity contribution in [1.82, 2.24) is 0 Å². The SMILES string of the molecule is CC(C)(C)OCc1c(Cl)cccc1[N+](=O)[O-]. The Morgan fingerprint density at radius 3 is 2.56 bits per heavy atom. The highest BCUT2D eigenvalue weighted by atomic mass is 35.5. The van der Waals surface area contributed by atoms with Gasteiger partial charge >= 0.3 is 0 Å². The van der Waals surface area contributed by atoms with Gasteiger partial charge in [0.25, 0.3) is 5.69 Å². The zero-order valence-corrected chi connectivity index (χ0v) is 10.2. The van der Waals surface area contributed by atoms with Crippen molar-refractivity contribution in [3.05, 3.63) is 38.9 Å². The molecule has 0 fully saturated rings. The van der Waals surface area contributed by atoms with Crippen molar-refractivity contribution >= 4 is 17.3 Å². The molecule has 0 N–H and O–H groups in total. The normalized spacial score (nSPS) is 11.5. The van der Waals surface area contributed by atoms with Crippen LogP contribution in [0, 0.1) is 10.1 Å². The molecule has 16 heavy (non-hydrogen) atoms. The Labute approximate surface area is 99.3 Å². The first-order chi connectivity index (χ1) is 7.31. The fraction of sp³-hybridized carbons (Fsp3) is 0.455. The fourth-order valence-corrected chi connectivity index (χ4v) is 1.37. The summed E-state index contributed by atoms with van der Waals surface area (Å²) < 4.78 is 5.50. The quantitative estimate of drug-likeness (QED) is 0.602. The van der Waals surface area contributed by atoms with Crippen LogP contribution in [0.25, 0.3) is 0 Å². The maximum absolute atomic E-state index is 10.8. The second kappa shape index (κ2) is 4.80. The molecule has 0 aliphatic carbocycles. The summed E-state index contributed by atoms with van der Waals surface area (Å²) in [7, 11) is 0. The van der Waals surface area contributed by atoms with Crippen LogP contribution in [-0.2, 0) is 11.3 Å². The number of hydrogen-bond donors (Lipinski definition) is 0. The van der Waals surface area contributed by atoms with E-state index in [2.05, 4.69) is 0 Å². The molecular formula is C11H14ClNO3. The van der Waals surface area contributed by atoms with Crippen LogP contribution in [0.5, 0.6) is 0 Å². The molecule has 0 aliphatic rings. The largest absolute Gasteiger partial charge is 0.371 e. The summed E-state index contributed by atoms with van der Waals surface area (Å²) >= 11 is 5.92. The maximum Gasteiger partial charge on any atom is 0.276 e. The molecule has 0 aliphatic heterocycles. The molecule has 1 aromatic rings. The molecular weight excluding hydrogens is 230 g/mol. The number of nitrogens with zero attached hydrogens (tertiary/aromatic N) is 1. The summed E-state index contributed by atoms with van der Waals surface area (Å²) in [5.74, 6) is 0. The van der Waals surface area contributed by atoms with Crippen LogP contribution in [0.2, 0.25) is 5.02 Å². The van der Waals surface area contributed by atoms with Crippen LogP contribution >= 0.6 is 11.6 Å². The number of nitro groups is 1. The van der Waals surface area contributed by atoms with Gasteiger partial charge in [0, 0.05) is 6.07 Å². The molecule has 1 rings (SSSR count). The van der Waals surface area contributed by atoms with Crippen LogP contribution in [0.3, 0.4) is 0 Å². The van der Waals surface area contributed by atoms with E-state index >= 15 is 0 Å². The van der Waals surface area contributed by atoms with E-state index in [1.54, 1.807) is 12.1 Å². The van der Waals surface area contributed by atoms with Crippen LogP contribution < -0.4 is 0 Å². The van der Waals surface area contributed by atoms with E-state index in [0.29, 0.717) is 10.6 Å². The van der Waals surface area contributed by atoms with Crippen molar-refractivity contribution in [3.63, 3.8) is 0 Å². The van der Waals surface area contributed by atoms with Crippen molar-refractivity contribution in [2.75, 3.05) is 0 Å². The number of halogens is 1. The zero-order valence-electron chi connectivity index (χ0n) is 9.49. The van der Waals surface area contributed by atoms with E-state index in [4.69, 9.17) is 16.3 Å². The first-order valence-electron chi connectivity index (χ1n) is 4.87. The summed E-state index contributed by atoms with van der Waals surface area (Å²) in [4.78, 5) is 10.3. The molecule has 0 atom stereocenters. The van der Waals surface area contributed by atoms with Crippen molar-refractivity contribution < 1.29 is 9.66 Å². The first kappa shape index (κ1) is 12.9. The van der Waals surface area contributed by atoms with Gasteiger partial charge in [0.15, 0.2) is 0 Å². The highest BCUT2D eigenvalue weighted by Gasteiger charge is 2.19. The summed E-state index contributed by atoms with van der Waals surface area (Å²) in [5.41, 5.74) is 0.0633. The lowest BCUT2D eigenvalue weighted by Crippen LogP contribution is -2.19. The Kier molecular flexibility index (Phi) is 3.88. The van der Waals surface area contributed by atoms with E-state index in [1.807, 2.05) is 20.8 Å². The highest BCUT2D eigenvalue weighted by molar-refractivity contribution is 6.31. The van der Waals surface area contributed by atoms with Crippen LogP contribution in [0.15, 0.2) is 18.2 Å². The predicted molar refractivity (Wildman–Crippen MR) is 62.6 cm³/mol. The second-order valence-electron chi connectivity index (χ2n) is 4.40. The topological polar surface area (TPSA) is 52.4 Å². The van der Waals surface area contributed by atoms with E-state index < -0.39 is 4.92 Å². The summed E-state index contributed by atoms with van der Waals surface area (Å²) in [5, 5.41) is 11.1. The van der Waals surface area contributed by atoms with Crippen LogP contribution in [0.1, 0.15) is 26.3 Å². The standard InChI is InChI=1S/C11H14ClNO3/c1-11(2,3)16-7-8-9(12)5-4-6-10(8)13(14)15/h4-6H,7H2,1-3H3. The van der Waals surface area contributed by atoms with Crippen LogP contribution in [0.4, 0.5) is 5.69 Å². The molecule has 0 heterocycles. The Morgan fingerprint density at radius 1 is 1.44 bits per heavy atom. The van der Waals surface area contributed by atoms with E-state index in [-0.39, 0.29) is 17.9 Å². The number of ether oxygens (including phenoxy) is 1. The molecule has 1 aromatic carbocycles. The lowest BCUT2D eigenvalue weighted by Gasteiger charge is -2.19. The maximum atomic E-state index is 10.8. The van der Waals surface area contributed by atoms with Gasteiger partial charge in [-0.2, -0.15) is 0 Å². The fourth-order valence-electron chi connectivity index (χ4n) is 1.15. The van der Waals surface area contributed by atoms with Gasteiger partial charge in [0.05, 0.1) is 27.7 Å². The molecule has 0 bridgehead atoms. The Hall–Kier alpha value is -1.13. The molecule has 0 spiro atoms. The molecule has 5 heteroatoms. The zero-order chi connectivity index (χ0) is 12.3. The molecule has 0 aromatic heterocycles. The number of benzene rings is 1. The van der Waals surface area contributed by atoms with E-state index in [9.17, 15) is 10.1 Å². The highest BCUT2D eigenvalue weighted by Crippen LogP contribution is 2.28.